The zero-order valence-corrected chi connectivity index (χ0v) is 9.50. The number of halogens is 1. The van der Waals surface area contributed by atoms with Gasteiger partial charge in [-0.1, -0.05) is 11.6 Å². The van der Waals surface area contributed by atoms with E-state index < -0.39 is 0 Å². The summed E-state index contributed by atoms with van der Waals surface area (Å²) in [7, 11) is 0. The van der Waals surface area contributed by atoms with Crippen LogP contribution in [0.3, 0.4) is 0 Å². The second-order valence-corrected chi connectivity index (χ2v) is 4.32. The highest BCUT2D eigenvalue weighted by Gasteiger charge is 1.94. The van der Waals surface area contributed by atoms with E-state index in [1.165, 1.54) is 11.1 Å². The van der Waals surface area contributed by atoms with Gasteiger partial charge in [0, 0.05) is 5.88 Å². The van der Waals surface area contributed by atoms with E-state index in [1.54, 1.807) is 11.3 Å². The Balaban J connectivity index is 2.26. The quantitative estimate of drug-likeness (QED) is 0.508. The third-order valence-corrected chi connectivity index (χ3v) is 2.94. The van der Waals surface area contributed by atoms with Crippen LogP contribution in [0.2, 0.25) is 0 Å². The van der Waals surface area contributed by atoms with Crippen LogP contribution in [0.25, 0.3) is 0 Å². The van der Waals surface area contributed by atoms with E-state index in [0.717, 1.165) is 25.1 Å². The normalized spacial score (nSPS) is 12.0. The fourth-order valence-electron chi connectivity index (χ4n) is 1.18. The summed E-state index contributed by atoms with van der Waals surface area (Å²) in [5.41, 5.74) is 2.90. The van der Waals surface area contributed by atoms with Crippen LogP contribution in [0.1, 0.15) is 25.3 Å². The number of allylic oxidation sites excluding steroid dienone is 2. The Hall–Kier alpha value is -0.270. The highest BCUT2D eigenvalue weighted by molar-refractivity contribution is 7.07. The molecule has 0 atom stereocenters. The second-order valence-electron chi connectivity index (χ2n) is 3.16. The highest BCUT2D eigenvalue weighted by Crippen LogP contribution is 2.12. The van der Waals surface area contributed by atoms with Gasteiger partial charge < -0.3 is 0 Å². The molecule has 13 heavy (non-hydrogen) atoms. The van der Waals surface area contributed by atoms with Gasteiger partial charge in [-0.25, -0.2) is 0 Å². The Labute approximate surface area is 89.2 Å². The molecule has 0 radical (unpaired) electrons. The van der Waals surface area contributed by atoms with E-state index in [4.69, 9.17) is 11.6 Å². The number of hydrogen-bond acceptors (Lipinski definition) is 1. The van der Waals surface area contributed by atoms with Gasteiger partial charge in [-0.2, -0.15) is 11.3 Å². The Morgan fingerprint density at radius 1 is 1.62 bits per heavy atom. The molecule has 2 heteroatoms. The summed E-state index contributed by atoms with van der Waals surface area (Å²) in [6.45, 7) is 2.18. The summed E-state index contributed by atoms with van der Waals surface area (Å²) in [5, 5.41) is 4.35. The Morgan fingerprint density at radius 2 is 2.46 bits per heavy atom. The smallest absolute Gasteiger partial charge is 0.0258 e. The topological polar surface area (TPSA) is 0 Å². The minimum absolute atomic E-state index is 0.732. The third-order valence-electron chi connectivity index (χ3n) is 1.99. The van der Waals surface area contributed by atoms with Crippen LogP contribution < -0.4 is 0 Å². The molecule has 0 aliphatic heterocycles. The highest BCUT2D eigenvalue weighted by atomic mass is 35.5. The molecule has 0 nitrogen and oxygen atoms in total. The average molecular weight is 215 g/mol. The Morgan fingerprint density at radius 3 is 3.08 bits per heavy atom. The first-order valence-electron chi connectivity index (χ1n) is 4.55. The van der Waals surface area contributed by atoms with Crippen molar-refractivity contribution in [2.75, 3.05) is 5.88 Å². The Kier molecular flexibility index (Phi) is 5.18. The van der Waals surface area contributed by atoms with E-state index in [2.05, 4.69) is 29.8 Å². The summed E-state index contributed by atoms with van der Waals surface area (Å²) >= 11 is 7.37. The molecule has 0 amide bonds. The van der Waals surface area contributed by atoms with Crippen LogP contribution in [0.5, 0.6) is 0 Å². The van der Waals surface area contributed by atoms with Crippen LogP contribution in [0.4, 0.5) is 0 Å². The fourth-order valence-corrected chi connectivity index (χ4v) is 1.99. The molecule has 0 N–H and O–H groups in total. The summed E-state index contributed by atoms with van der Waals surface area (Å²) in [4.78, 5) is 0. The molecule has 1 rings (SSSR count). The second kappa shape index (κ2) is 6.22. The van der Waals surface area contributed by atoms with E-state index >= 15 is 0 Å². The van der Waals surface area contributed by atoms with Gasteiger partial charge in [-0.05, 0) is 48.6 Å². The molecule has 0 unspecified atom stereocenters. The first kappa shape index (κ1) is 10.8. The number of rotatable bonds is 5. The molecule has 0 saturated carbocycles. The molecular weight excluding hydrogens is 200 g/mol. The SMILES string of the molecule is CC(=CCCCl)CCc1ccsc1. The van der Waals surface area contributed by atoms with Gasteiger partial charge >= 0.3 is 0 Å². The number of aryl methyl sites for hydroxylation is 1. The van der Waals surface area contributed by atoms with E-state index in [0.29, 0.717) is 0 Å². The summed E-state index contributed by atoms with van der Waals surface area (Å²) in [6, 6.07) is 2.19. The molecule has 0 aliphatic carbocycles. The molecule has 0 aliphatic rings. The lowest BCUT2D eigenvalue weighted by molar-refractivity contribution is 0.934. The zero-order valence-electron chi connectivity index (χ0n) is 7.92. The molecule has 72 valence electrons. The van der Waals surface area contributed by atoms with Gasteiger partial charge in [0.25, 0.3) is 0 Å². The molecule has 1 heterocycles. The van der Waals surface area contributed by atoms with E-state index in [9.17, 15) is 0 Å². The maximum absolute atomic E-state index is 5.60. The van der Waals surface area contributed by atoms with Crippen molar-refractivity contribution >= 4 is 22.9 Å². The number of hydrogen-bond donors (Lipinski definition) is 0. The lowest BCUT2D eigenvalue weighted by atomic mass is 10.1. The van der Waals surface area contributed by atoms with Crippen LogP contribution in [-0.2, 0) is 6.42 Å². The minimum Gasteiger partial charge on any atom is -0.152 e. The van der Waals surface area contributed by atoms with Crippen molar-refractivity contribution in [3.63, 3.8) is 0 Å². The van der Waals surface area contributed by atoms with Crippen molar-refractivity contribution in [3.8, 4) is 0 Å². The van der Waals surface area contributed by atoms with Crippen molar-refractivity contribution in [3.05, 3.63) is 34.0 Å². The maximum Gasteiger partial charge on any atom is 0.0258 e. The predicted molar refractivity (Wildman–Crippen MR) is 61.7 cm³/mol. The summed E-state index contributed by atoms with van der Waals surface area (Å²) in [5.74, 6) is 0.732. The summed E-state index contributed by atoms with van der Waals surface area (Å²) in [6.07, 6.45) is 5.55. The van der Waals surface area contributed by atoms with E-state index in [1.807, 2.05) is 0 Å². The molecule has 0 bridgehead atoms. The standard InChI is InChI=1S/C11H15ClS/c1-10(3-2-7-12)4-5-11-6-8-13-9-11/h3,6,8-9H,2,4-5,7H2,1H3. The fraction of sp³-hybridized carbons (Fsp3) is 0.455. The van der Waals surface area contributed by atoms with Gasteiger partial charge in [0.1, 0.15) is 0 Å². The number of alkyl halides is 1. The van der Waals surface area contributed by atoms with Crippen molar-refractivity contribution in [2.24, 2.45) is 0 Å². The molecular formula is C11H15ClS. The molecule has 1 aromatic heterocycles. The first-order valence-corrected chi connectivity index (χ1v) is 6.03. The predicted octanol–water partition coefficient (Wildman–Crippen LogP) is 4.26. The van der Waals surface area contributed by atoms with Crippen LogP contribution in [0.15, 0.2) is 28.5 Å². The lowest BCUT2D eigenvalue weighted by Crippen LogP contribution is -1.84. The molecule has 0 fully saturated rings. The van der Waals surface area contributed by atoms with Gasteiger partial charge in [0.15, 0.2) is 0 Å². The van der Waals surface area contributed by atoms with Gasteiger partial charge in [0.2, 0.25) is 0 Å². The van der Waals surface area contributed by atoms with Crippen molar-refractivity contribution in [1.29, 1.82) is 0 Å². The van der Waals surface area contributed by atoms with Gasteiger partial charge in [-0.15, -0.1) is 11.6 Å². The molecule has 0 spiro atoms. The zero-order chi connectivity index (χ0) is 9.52. The van der Waals surface area contributed by atoms with Crippen LogP contribution >= 0.6 is 22.9 Å². The van der Waals surface area contributed by atoms with Gasteiger partial charge in [-0.3, -0.25) is 0 Å². The van der Waals surface area contributed by atoms with Crippen molar-refractivity contribution < 1.29 is 0 Å². The monoisotopic (exact) mass is 214 g/mol. The van der Waals surface area contributed by atoms with Crippen LogP contribution in [0, 0.1) is 0 Å². The molecule has 0 aromatic carbocycles. The lowest BCUT2D eigenvalue weighted by Gasteiger charge is -1.98. The maximum atomic E-state index is 5.60. The van der Waals surface area contributed by atoms with Crippen molar-refractivity contribution in [1.82, 2.24) is 0 Å². The van der Waals surface area contributed by atoms with Gasteiger partial charge in [0.05, 0.1) is 0 Å². The van der Waals surface area contributed by atoms with Crippen molar-refractivity contribution in [2.45, 2.75) is 26.2 Å². The third kappa shape index (κ3) is 4.49. The summed E-state index contributed by atoms with van der Waals surface area (Å²) < 4.78 is 0. The van der Waals surface area contributed by atoms with Crippen LogP contribution in [-0.4, -0.2) is 5.88 Å². The molecule has 1 aromatic rings. The first-order chi connectivity index (χ1) is 6.33. The van der Waals surface area contributed by atoms with E-state index in [-0.39, 0.29) is 0 Å². The Bertz CT molecular complexity index is 249. The molecule has 0 saturated heterocycles. The number of thiophene rings is 1. The minimum atomic E-state index is 0.732. The average Bonchev–Trinajstić information content (AvgIpc) is 2.64. The largest absolute Gasteiger partial charge is 0.152 e.